The van der Waals surface area contributed by atoms with E-state index < -0.39 is 11.9 Å². The van der Waals surface area contributed by atoms with E-state index in [4.69, 9.17) is 4.74 Å². The SMILES string of the molecule is C=CC(=O)Oc1ccc(OC(C)=O)c(O)c1. The minimum Gasteiger partial charge on any atom is -0.504 e. The first-order chi connectivity index (χ1) is 7.52. The predicted molar refractivity (Wildman–Crippen MR) is 55.2 cm³/mol. The molecule has 5 heteroatoms. The fourth-order valence-electron chi connectivity index (χ4n) is 0.960. The van der Waals surface area contributed by atoms with Crippen molar-refractivity contribution in [3.8, 4) is 17.2 Å². The summed E-state index contributed by atoms with van der Waals surface area (Å²) in [4.78, 5) is 21.5. The Morgan fingerprint density at radius 2 is 2.06 bits per heavy atom. The molecule has 0 unspecified atom stereocenters. The number of aromatic hydroxyl groups is 1. The Hall–Kier alpha value is -2.30. The van der Waals surface area contributed by atoms with Gasteiger partial charge >= 0.3 is 11.9 Å². The van der Waals surface area contributed by atoms with Crippen LogP contribution < -0.4 is 9.47 Å². The van der Waals surface area contributed by atoms with Gasteiger partial charge in [-0.3, -0.25) is 4.79 Å². The van der Waals surface area contributed by atoms with Gasteiger partial charge < -0.3 is 14.6 Å². The van der Waals surface area contributed by atoms with Gasteiger partial charge in [-0.1, -0.05) is 6.58 Å². The van der Waals surface area contributed by atoms with Crippen LogP contribution >= 0.6 is 0 Å². The van der Waals surface area contributed by atoms with Crippen LogP contribution in [0.4, 0.5) is 0 Å². The van der Waals surface area contributed by atoms with Crippen LogP contribution in [0.2, 0.25) is 0 Å². The molecule has 1 aromatic rings. The molecular weight excluding hydrogens is 212 g/mol. The van der Waals surface area contributed by atoms with E-state index in [0.29, 0.717) is 0 Å². The molecule has 1 N–H and O–H groups in total. The van der Waals surface area contributed by atoms with Crippen molar-refractivity contribution in [2.24, 2.45) is 0 Å². The second-order valence-electron chi connectivity index (χ2n) is 2.85. The van der Waals surface area contributed by atoms with Gasteiger partial charge in [-0.05, 0) is 12.1 Å². The largest absolute Gasteiger partial charge is 0.504 e. The van der Waals surface area contributed by atoms with Crippen molar-refractivity contribution in [3.05, 3.63) is 30.9 Å². The minimum absolute atomic E-state index is 0.00546. The first-order valence-electron chi connectivity index (χ1n) is 4.38. The van der Waals surface area contributed by atoms with E-state index in [2.05, 4.69) is 11.3 Å². The van der Waals surface area contributed by atoms with Crippen molar-refractivity contribution in [2.45, 2.75) is 6.92 Å². The molecule has 0 saturated carbocycles. The van der Waals surface area contributed by atoms with Crippen molar-refractivity contribution >= 4 is 11.9 Å². The molecule has 0 aromatic heterocycles. The lowest BCUT2D eigenvalue weighted by molar-refractivity contribution is -0.132. The maximum atomic E-state index is 10.8. The quantitative estimate of drug-likeness (QED) is 0.475. The average Bonchev–Trinajstić information content (AvgIpc) is 2.21. The van der Waals surface area contributed by atoms with Crippen molar-refractivity contribution < 1.29 is 24.2 Å². The topological polar surface area (TPSA) is 72.8 Å². The molecule has 84 valence electrons. The smallest absolute Gasteiger partial charge is 0.335 e. The highest BCUT2D eigenvalue weighted by atomic mass is 16.5. The predicted octanol–water partition coefficient (Wildman–Crippen LogP) is 1.41. The monoisotopic (exact) mass is 222 g/mol. The number of esters is 2. The number of hydrogen-bond acceptors (Lipinski definition) is 5. The Kier molecular flexibility index (Phi) is 3.66. The Morgan fingerprint density at radius 3 is 2.56 bits per heavy atom. The molecule has 0 spiro atoms. The van der Waals surface area contributed by atoms with Gasteiger partial charge in [-0.25, -0.2) is 4.79 Å². The molecule has 1 rings (SSSR count). The van der Waals surface area contributed by atoms with E-state index in [0.717, 1.165) is 6.08 Å². The van der Waals surface area contributed by atoms with E-state index >= 15 is 0 Å². The number of rotatable bonds is 3. The van der Waals surface area contributed by atoms with Crippen LogP contribution in [-0.4, -0.2) is 17.0 Å². The Balaban J connectivity index is 2.86. The van der Waals surface area contributed by atoms with Crippen LogP contribution in [0.15, 0.2) is 30.9 Å². The highest BCUT2D eigenvalue weighted by Crippen LogP contribution is 2.30. The number of carbonyl (C=O) groups is 2. The fourth-order valence-corrected chi connectivity index (χ4v) is 0.960. The normalized spacial score (nSPS) is 9.31. The van der Waals surface area contributed by atoms with Gasteiger partial charge in [0, 0.05) is 19.1 Å². The summed E-state index contributed by atoms with van der Waals surface area (Å²) in [6.07, 6.45) is 0.997. The Labute approximate surface area is 91.9 Å². The van der Waals surface area contributed by atoms with Gasteiger partial charge in [-0.15, -0.1) is 0 Å². The summed E-state index contributed by atoms with van der Waals surface area (Å²) in [5.74, 6) is -1.33. The molecule has 0 aliphatic carbocycles. The van der Waals surface area contributed by atoms with Crippen LogP contribution in [0.3, 0.4) is 0 Å². The number of phenols is 1. The standard InChI is InChI=1S/C11H10O5/c1-3-11(14)16-8-4-5-10(9(13)6-8)15-7(2)12/h3-6,13H,1H2,2H3. The van der Waals surface area contributed by atoms with Crippen LogP contribution in [0.1, 0.15) is 6.92 Å². The molecule has 0 amide bonds. The number of benzene rings is 1. The van der Waals surface area contributed by atoms with Crippen molar-refractivity contribution in [3.63, 3.8) is 0 Å². The summed E-state index contributed by atoms with van der Waals surface area (Å²) in [6, 6.07) is 3.88. The lowest BCUT2D eigenvalue weighted by Crippen LogP contribution is -2.04. The molecule has 0 radical (unpaired) electrons. The first kappa shape index (κ1) is 11.8. The fraction of sp³-hybridized carbons (Fsp3) is 0.0909. The average molecular weight is 222 g/mol. The number of carbonyl (C=O) groups excluding carboxylic acids is 2. The molecule has 5 nitrogen and oxygen atoms in total. The number of ether oxygens (including phenoxy) is 2. The zero-order chi connectivity index (χ0) is 12.1. The lowest BCUT2D eigenvalue weighted by atomic mass is 10.3. The van der Waals surface area contributed by atoms with Gasteiger partial charge in [0.2, 0.25) is 0 Å². The summed E-state index contributed by atoms with van der Waals surface area (Å²) in [6.45, 7) is 4.44. The van der Waals surface area contributed by atoms with Gasteiger partial charge in [0.1, 0.15) is 5.75 Å². The maximum Gasteiger partial charge on any atom is 0.335 e. The minimum atomic E-state index is -0.639. The van der Waals surface area contributed by atoms with Gasteiger partial charge in [0.15, 0.2) is 11.5 Å². The molecule has 0 fully saturated rings. The highest BCUT2D eigenvalue weighted by Gasteiger charge is 2.08. The zero-order valence-electron chi connectivity index (χ0n) is 8.60. The molecule has 0 aliphatic rings. The highest BCUT2D eigenvalue weighted by molar-refractivity contribution is 5.83. The van der Waals surface area contributed by atoms with Gasteiger partial charge in [-0.2, -0.15) is 0 Å². The van der Waals surface area contributed by atoms with Crippen molar-refractivity contribution in [1.29, 1.82) is 0 Å². The van der Waals surface area contributed by atoms with Crippen LogP contribution in [0.25, 0.3) is 0 Å². The third kappa shape index (κ3) is 3.13. The second-order valence-corrected chi connectivity index (χ2v) is 2.85. The van der Waals surface area contributed by atoms with E-state index in [9.17, 15) is 14.7 Å². The Morgan fingerprint density at radius 1 is 1.38 bits per heavy atom. The number of hydrogen-bond donors (Lipinski definition) is 1. The van der Waals surface area contributed by atoms with Crippen molar-refractivity contribution in [2.75, 3.05) is 0 Å². The van der Waals surface area contributed by atoms with Crippen LogP contribution in [0, 0.1) is 0 Å². The third-order valence-corrected chi connectivity index (χ3v) is 1.57. The second kappa shape index (κ2) is 4.97. The van der Waals surface area contributed by atoms with E-state index in [-0.39, 0.29) is 17.2 Å². The number of phenolic OH excluding ortho intramolecular Hbond substituents is 1. The first-order valence-corrected chi connectivity index (χ1v) is 4.38. The molecule has 16 heavy (non-hydrogen) atoms. The summed E-state index contributed by atoms with van der Waals surface area (Å²) in [5, 5.41) is 9.43. The molecule has 0 bridgehead atoms. The van der Waals surface area contributed by atoms with E-state index in [1.807, 2.05) is 0 Å². The lowest BCUT2D eigenvalue weighted by Gasteiger charge is -2.06. The van der Waals surface area contributed by atoms with Gasteiger partial charge in [0.05, 0.1) is 0 Å². The third-order valence-electron chi connectivity index (χ3n) is 1.57. The molecule has 1 aromatic carbocycles. The molecule has 0 saturated heterocycles. The van der Waals surface area contributed by atoms with Crippen molar-refractivity contribution in [1.82, 2.24) is 0 Å². The van der Waals surface area contributed by atoms with Crippen LogP contribution in [0.5, 0.6) is 17.2 Å². The molecule has 0 atom stereocenters. The zero-order valence-corrected chi connectivity index (χ0v) is 8.60. The summed E-state index contributed by atoms with van der Waals surface area (Å²) < 4.78 is 9.43. The van der Waals surface area contributed by atoms with Crippen LogP contribution in [-0.2, 0) is 9.59 Å². The molecule has 0 aliphatic heterocycles. The van der Waals surface area contributed by atoms with E-state index in [1.165, 1.54) is 25.1 Å². The molecule has 0 heterocycles. The summed E-state index contributed by atoms with van der Waals surface area (Å²) >= 11 is 0. The van der Waals surface area contributed by atoms with E-state index in [1.54, 1.807) is 0 Å². The Bertz CT molecular complexity index is 436. The summed E-state index contributed by atoms with van der Waals surface area (Å²) in [7, 11) is 0. The summed E-state index contributed by atoms with van der Waals surface area (Å²) in [5.41, 5.74) is 0. The van der Waals surface area contributed by atoms with Gasteiger partial charge in [0.25, 0.3) is 0 Å². The molecular formula is C11H10O5. The maximum absolute atomic E-state index is 10.8.